The summed E-state index contributed by atoms with van der Waals surface area (Å²) in [5.74, 6) is 0. The molecule has 0 saturated heterocycles. The van der Waals surface area contributed by atoms with Gasteiger partial charge in [-0.15, -0.1) is 0 Å². The molecule has 2 N–H and O–H groups in total. The highest BCUT2D eigenvalue weighted by molar-refractivity contribution is 9.10. The Bertz CT molecular complexity index is 288. The molecule has 1 rings (SSSR count). The molecule has 0 aliphatic rings. The molecule has 0 aliphatic heterocycles. The van der Waals surface area contributed by atoms with Crippen molar-refractivity contribution in [1.29, 1.82) is 0 Å². The molecule has 13 heavy (non-hydrogen) atoms. The highest BCUT2D eigenvalue weighted by atomic mass is 79.9. The van der Waals surface area contributed by atoms with Crippen LogP contribution in [0.15, 0.2) is 22.7 Å². The fourth-order valence-corrected chi connectivity index (χ4v) is 1.52. The third-order valence-corrected chi connectivity index (χ3v) is 2.83. The Hall–Kier alpha value is -0.380. The van der Waals surface area contributed by atoms with Crippen LogP contribution in [0.1, 0.15) is 17.2 Å². The minimum atomic E-state index is -0.429. The summed E-state index contributed by atoms with van der Waals surface area (Å²) in [6.45, 7) is 2.60. The van der Waals surface area contributed by atoms with Crippen molar-refractivity contribution in [2.45, 2.75) is 13.0 Å². The minimum Gasteiger partial charge on any atom is -0.387 e. The third kappa shape index (κ3) is 2.79. The molecular formula is C10H14BrNO. The summed E-state index contributed by atoms with van der Waals surface area (Å²) in [7, 11) is 1.83. The number of nitrogens with one attached hydrogen (secondary N) is 1. The number of halogens is 1. The van der Waals surface area contributed by atoms with Crippen LogP contribution >= 0.6 is 15.9 Å². The van der Waals surface area contributed by atoms with Crippen LogP contribution in [-0.2, 0) is 0 Å². The maximum absolute atomic E-state index is 9.65. The Kier molecular flexibility index (Phi) is 3.90. The maximum atomic E-state index is 9.65. The van der Waals surface area contributed by atoms with Gasteiger partial charge in [-0.25, -0.2) is 0 Å². The fraction of sp³-hybridized carbons (Fsp3) is 0.400. The zero-order valence-corrected chi connectivity index (χ0v) is 9.43. The maximum Gasteiger partial charge on any atom is 0.0914 e. The first-order chi connectivity index (χ1) is 6.15. The van der Waals surface area contributed by atoms with Gasteiger partial charge in [0.2, 0.25) is 0 Å². The Morgan fingerprint density at radius 3 is 2.77 bits per heavy atom. The summed E-state index contributed by atoms with van der Waals surface area (Å²) < 4.78 is 1.04. The summed E-state index contributed by atoms with van der Waals surface area (Å²) in [6.07, 6.45) is -0.429. The number of benzene rings is 1. The second kappa shape index (κ2) is 4.74. The van der Waals surface area contributed by atoms with Gasteiger partial charge in [-0.2, -0.15) is 0 Å². The highest BCUT2D eigenvalue weighted by Crippen LogP contribution is 2.21. The van der Waals surface area contributed by atoms with Crippen LogP contribution in [0.25, 0.3) is 0 Å². The Labute approximate surface area is 87.1 Å². The molecule has 0 aliphatic carbocycles. The van der Waals surface area contributed by atoms with E-state index in [1.54, 1.807) is 0 Å². The molecule has 0 amide bonds. The van der Waals surface area contributed by atoms with E-state index in [-0.39, 0.29) is 0 Å². The molecule has 0 radical (unpaired) electrons. The highest BCUT2D eigenvalue weighted by Gasteiger charge is 2.06. The van der Waals surface area contributed by atoms with Gasteiger partial charge in [-0.3, -0.25) is 0 Å². The second-order valence-corrected chi connectivity index (χ2v) is 3.94. The van der Waals surface area contributed by atoms with Gasteiger partial charge in [0.25, 0.3) is 0 Å². The monoisotopic (exact) mass is 243 g/mol. The zero-order valence-electron chi connectivity index (χ0n) is 7.84. The number of likely N-dealkylation sites (N-methyl/N-ethyl adjacent to an activating group) is 1. The van der Waals surface area contributed by atoms with E-state index < -0.39 is 6.10 Å². The quantitative estimate of drug-likeness (QED) is 0.852. The van der Waals surface area contributed by atoms with Crippen LogP contribution in [0, 0.1) is 6.92 Å². The SMILES string of the molecule is CNCC(O)c1ccc(C)c(Br)c1. The minimum absolute atomic E-state index is 0.429. The first kappa shape index (κ1) is 10.7. The number of aliphatic hydroxyl groups excluding tert-OH is 1. The van der Waals surface area contributed by atoms with Crippen LogP contribution in [0.4, 0.5) is 0 Å². The van der Waals surface area contributed by atoms with Gasteiger partial charge in [0.15, 0.2) is 0 Å². The average Bonchev–Trinajstić information content (AvgIpc) is 2.10. The predicted molar refractivity (Wildman–Crippen MR) is 57.8 cm³/mol. The van der Waals surface area contributed by atoms with Gasteiger partial charge in [0.1, 0.15) is 0 Å². The van der Waals surface area contributed by atoms with Crippen molar-refractivity contribution in [3.8, 4) is 0 Å². The topological polar surface area (TPSA) is 32.3 Å². The molecular weight excluding hydrogens is 230 g/mol. The fourth-order valence-electron chi connectivity index (χ4n) is 1.13. The van der Waals surface area contributed by atoms with E-state index in [9.17, 15) is 5.11 Å². The lowest BCUT2D eigenvalue weighted by molar-refractivity contribution is 0.177. The number of aryl methyl sites for hydroxylation is 1. The van der Waals surface area contributed by atoms with Crippen LogP contribution in [0.2, 0.25) is 0 Å². The molecule has 0 fully saturated rings. The normalized spacial score (nSPS) is 12.9. The van der Waals surface area contributed by atoms with Crippen molar-refractivity contribution < 1.29 is 5.11 Å². The van der Waals surface area contributed by atoms with E-state index in [0.717, 1.165) is 10.0 Å². The van der Waals surface area contributed by atoms with Crippen molar-refractivity contribution in [2.75, 3.05) is 13.6 Å². The molecule has 1 aromatic carbocycles. The predicted octanol–water partition coefficient (Wildman–Crippen LogP) is 2.01. The summed E-state index contributed by atoms with van der Waals surface area (Å²) in [5.41, 5.74) is 2.12. The van der Waals surface area contributed by atoms with Crippen molar-refractivity contribution in [2.24, 2.45) is 0 Å². The van der Waals surface area contributed by atoms with Crippen molar-refractivity contribution in [3.63, 3.8) is 0 Å². The molecule has 0 bridgehead atoms. The van der Waals surface area contributed by atoms with Crippen LogP contribution < -0.4 is 5.32 Å². The van der Waals surface area contributed by atoms with Crippen molar-refractivity contribution >= 4 is 15.9 Å². The lowest BCUT2D eigenvalue weighted by Crippen LogP contribution is -2.16. The van der Waals surface area contributed by atoms with E-state index in [1.165, 1.54) is 5.56 Å². The van der Waals surface area contributed by atoms with E-state index in [4.69, 9.17) is 0 Å². The van der Waals surface area contributed by atoms with Gasteiger partial charge >= 0.3 is 0 Å². The molecule has 3 heteroatoms. The number of hydrogen-bond acceptors (Lipinski definition) is 2. The largest absolute Gasteiger partial charge is 0.387 e. The second-order valence-electron chi connectivity index (χ2n) is 3.08. The number of hydrogen-bond donors (Lipinski definition) is 2. The van der Waals surface area contributed by atoms with Gasteiger partial charge in [-0.1, -0.05) is 28.1 Å². The summed E-state index contributed by atoms with van der Waals surface area (Å²) in [4.78, 5) is 0. The summed E-state index contributed by atoms with van der Waals surface area (Å²) >= 11 is 3.43. The van der Waals surface area contributed by atoms with E-state index >= 15 is 0 Å². The molecule has 0 saturated carbocycles. The smallest absolute Gasteiger partial charge is 0.0914 e. The number of rotatable bonds is 3. The van der Waals surface area contributed by atoms with Crippen molar-refractivity contribution in [3.05, 3.63) is 33.8 Å². The van der Waals surface area contributed by atoms with E-state index in [2.05, 4.69) is 21.2 Å². The van der Waals surface area contributed by atoms with Gasteiger partial charge in [0, 0.05) is 11.0 Å². The standard InChI is InChI=1S/C10H14BrNO/c1-7-3-4-8(5-9(7)11)10(13)6-12-2/h3-5,10,12-13H,6H2,1-2H3. The Balaban J connectivity index is 2.84. The van der Waals surface area contributed by atoms with Crippen molar-refractivity contribution in [1.82, 2.24) is 5.32 Å². The van der Waals surface area contributed by atoms with Gasteiger partial charge in [0.05, 0.1) is 6.10 Å². The summed E-state index contributed by atoms with van der Waals surface area (Å²) in [6, 6.07) is 5.90. The first-order valence-corrected chi connectivity index (χ1v) is 5.03. The lowest BCUT2D eigenvalue weighted by atomic mass is 10.1. The summed E-state index contributed by atoms with van der Waals surface area (Å²) in [5, 5.41) is 12.6. The Morgan fingerprint density at radius 2 is 2.23 bits per heavy atom. The Morgan fingerprint density at radius 1 is 1.54 bits per heavy atom. The van der Waals surface area contributed by atoms with Crippen LogP contribution in [0.3, 0.4) is 0 Å². The third-order valence-electron chi connectivity index (χ3n) is 1.98. The van der Waals surface area contributed by atoms with E-state index in [1.807, 2.05) is 32.2 Å². The van der Waals surface area contributed by atoms with Crippen LogP contribution in [0.5, 0.6) is 0 Å². The first-order valence-electron chi connectivity index (χ1n) is 4.24. The average molecular weight is 244 g/mol. The molecule has 1 unspecified atom stereocenters. The molecule has 0 aromatic heterocycles. The molecule has 1 aromatic rings. The molecule has 72 valence electrons. The molecule has 1 atom stereocenters. The van der Waals surface area contributed by atoms with Gasteiger partial charge < -0.3 is 10.4 Å². The van der Waals surface area contributed by atoms with Gasteiger partial charge in [-0.05, 0) is 31.2 Å². The van der Waals surface area contributed by atoms with E-state index in [0.29, 0.717) is 6.54 Å². The number of aliphatic hydroxyl groups is 1. The lowest BCUT2D eigenvalue weighted by Gasteiger charge is -2.11. The molecule has 0 heterocycles. The van der Waals surface area contributed by atoms with Crippen LogP contribution in [-0.4, -0.2) is 18.7 Å². The zero-order chi connectivity index (χ0) is 9.84. The molecule has 0 spiro atoms. The molecule has 2 nitrogen and oxygen atoms in total.